The molecule has 0 unspecified atom stereocenters. The molecule has 7 heteroatoms. The molecule has 6 nitrogen and oxygen atoms in total. The summed E-state index contributed by atoms with van der Waals surface area (Å²) in [5.74, 6) is 0.611. The number of aromatic amines is 1. The zero-order chi connectivity index (χ0) is 9.10. The van der Waals surface area contributed by atoms with Gasteiger partial charge in [0.15, 0.2) is 10.9 Å². The Kier molecular flexibility index (Phi) is 2.35. The maximum Gasteiger partial charge on any atom is 0.193 e. The van der Waals surface area contributed by atoms with Gasteiger partial charge >= 0.3 is 0 Å². The Morgan fingerprint density at radius 2 is 2.46 bits per heavy atom. The summed E-state index contributed by atoms with van der Waals surface area (Å²) in [5, 5.41) is 20.2. The summed E-state index contributed by atoms with van der Waals surface area (Å²) in [5.41, 5.74) is 0. The molecule has 13 heavy (non-hydrogen) atoms. The summed E-state index contributed by atoms with van der Waals surface area (Å²) in [6, 6.07) is 0.574. The lowest BCUT2D eigenvalue weighted by molar-refractivity contribution is 0.789. The van der Waals surface area contributed by atoms with Crippen LogP contribution in [0, 0.1) is 0 Å². The van der Waals surface area contributed by atoms with E-state index in [-0.39, 0.29) is 0 Å². The summed E-state index contributed by atoms with van der Waals surface area (Å²) >= 11 is 5.03. The molecule has 2 rings (SSSR count). The monoisotopic (exact) mass is 198 g/mol. The van der Waals surface area contributed by atoms with Crippen LogP contribution in [0.25, 0.3) is 0 Å². The van der Waals surface area contributed by atoms with Crippen molar-refractivity contribution in [2.75, 3.05) is 0 Å². The van der Waals surface area contributed by atoms with E-state index in [4.69, 9.17) is 12.2 Å². The van der Waals surface area contributed by atoms with Crippen molar-refractivity contribution in [1.29, 1.82) is 0 Å². The van der Waals surface area contributed by atoms with Crippen LogP contribution in [0.2, 0.25) is 0 Å². The van der Waals surface area contributed by atoms with Crippen molar-refractivity contribution in [2.24, 2.45) is 0 Å². The number of nitrogens with one attached hydrogen (secondary N) is 3. The Bertz CT molecular complexity index is 279. The smallest absolute Gasteiger partial charge is 0.193 e. The van der Waals surface area contributed by atoms with Crippen LogP contribution in [0.1, 0.15) is 18.7 Å². The third-order valence-corrected chi connectivity index (χ3v) is 1.97. The van der Waals surface area contributed by atoms with Crippen molar-refractivity contribution in [3.63, 3.8) is 0 Å². The second kappa shape index (κ2) is 3.65. The maximum absolute atomic E-state index is 5.03. The van der Waals surface area contributed by atoms with E-state index in [2.05, 4.69) is 31.3 Å². The molecule has 1 aliphatic rings. The normalized spacial score (nSPS) is 15.4. The molecule has 0 aliphatic heterocycles. The Hall–Kier alpha value is -1.24. The molecule has 3 N–H and O–H groups in total. The highest BCUT2D eigenvalue weighted by atomic mass is 32.1. The number of thiocarbonyl (C=S) groups is 1. The van der Waals surface area contributed by atoms with Gasteiger partial charge in [0.25, 0.3) is 0 Å². The van der Waals surface area contributed by atoms with Crippen LogP contribution in [0.15, 0.2) is 0 Å². The SMILES string of the molecule is S=C(NCc1nn[nH]n1)NC1CC1. The zero-order valence-corrected chi connectivity index (χ0v) is 7.77. The van der Waals surface area contributed by atoms with Gasteiger partial charge in [0.1, 0.15) is 0 Å². The highest BCUT2D eigenvalue weighted by molar-refractivity contribution is 7.80. The third-order valence-electron chi connectivity index (χ3n) is 1.71. The van der Waals surface area contributed by atoms with E-state index in [1.165, 1.54) is 12.8 Å². The molecule has 1 aromatic heterocycles. The first-order valence-electron chi connectivity index (χ1n) is 4.11. The van der Waals surface area contributed by atoms with Crippen molar-refractivity contribution in [3.05, 3.63) is 5.82 Å². The third kappa shape index (κ3) is 2.62. The number of hydrogen-bond donors (Lipinski definition) is 3. The molecular formula is C6H10N6S. The number of aromatic nitrogens is 4. The van der Waals surface area contributed by atoms with Crippen LogP contribution in [-0.2, 0) is 6.54 Å². The topological polar surface area (TPSA) is 78.5 Å². The summed E-state index contributed by atoms with van der Waals surface area (Å²) in [4.78, 5) is 0. The van der Waals surface area contributed by atoms with Gasteiger partial charge in [0, 0.05) is 6.04 Å². The molecule has 0 amide bonds. The zero-order valence-electron chi connectivity index (χ0n) is 6.95. The molecule has 0 bridgehead atoms. The maximum atomic E-state index is 5.03. The van der Waals surface area contributed by atoms with E-state index in [0.29, 0.717) is 23.5 Å². The molecule has 0 aromatic carbocycles. The number of H-pyrrole nitrogens is 1. The summed E-state index contributed by atoms with van der Waals surface area (Å²) in [6.45, 7) is 0.509. The van der Waals surface area contributed by atoms with E-state index in [1.54, 1.807) is 0 Å². The Morgan fingerprint density at radius 1 is 1.62 bits per heavy atom. The van der Waals surface area contributed by atoms with Crippen LogP contribution in [0.5, 0.6) is 0 Å². The quantitative estimate of drug-likeness (QED) is 0.559. The minimum Gasteiger partial charge on any atom is -0.360 e. The first-order chi connectivity index (χ1) is 6.34. The van der Waals surface area contributed by atoms with Crippen molar-refractivity contribution in [2.45, 2.75) is 25.4 Å². The predicted octanol–water partition coefficient (Wildman–Crippen LogP) is -0.674. The van der Waals surface area contributed by atoms with Gasteiger partial charge in [-0.2, -0.15) is 5.21 Å². The second-order valence-corrected chi connectivity index (χ2v) is 3.34. The van der Waals surface area contributed by atoms with E-state index >= 15 is 0 Å². The van der Waals surface area contributed by atoms with Crippen LogP contribution >= 0.6 is 12.2 Å². The number of rotatable bonds is 3. The molecule has 0 atom stereocenters. The fourth-order valence-corrected chi connectivity index (χ4v) is 1.12. The lowest BCUT2D eigenvalue weighted by Crippen LogP contribution is -2.36. The van der Waals surface area contributed by atoms with Gasteiger partial charge in [-0.25, -0.2) is 0 Å². The average Bonchev–Trinajstić information content (AvgIpc) is 2.78. The van der Waals surface area contributed by atoms with Gasteiger partial charge in [-0.1, -0.05) is 5.21 Å². The van der Waals surface area contributed by atoms with Gasteiger partial charge in [-0.05, 0) is 25.1 Å². The molecule has 0 radical (unpaired) electrons. The summed E-state index contributed by atoms with van der Waals surface area (Å²) in [6.07, 6.45) is 2.42. The standard InChI is InChI=1S/C6H10N6S/c13-6(8-4-1-2-4)7-3-5-9-11-12-10-5/h4H,1-3H2,(H2,7,8,13)(H,9,10,11,12). The first kappa shape index (κ1) is 8.36. The van der Waals surface area contributed by atoms with E-state index in [9.17, 15) is 0 Å². The highest BCUT2D eigenvalue weighted by Gasteiger charge is 2.21. The van der Waals surface area contributed by atoms with Crippen molar-refractivity contribution < 1.29 is 0 Å². The summed E-state index contributed by atoms with van der Waals surface area (Å²) < 4.78 is 0. The fraction of sp³-hybridized carbons (Fsp3) is 0.667. The Balaban J connectivity index is 1.69. The molecule has 1 fully saturated rings. The lowest BCUT2D eigenvalue weighted by atomic mass is 10.6. The van der Waals surface area contributed by atoms with Gasteiger partial charge in [0.05, 0.1) is 6.54 Å². The van der Waals surface area contributed by atoms with Crippen LogP contribution in [-0.4, -0.2) is 31.8 Å². The predicted molar refractivity (Wildman–Crippen MR) is 49.8 cm³/mol. The van der Waals surface area contributed by atoms with Crippen LogP contribution < -0.4 is 10.6 Å². The minimum atomic E-state index is 0.509. The lowest BCUT2D eigenvalue weighted by Gasteiger charge is -2.06. The molecule has 0 saturated heterocycles. The van der Waals surface area contributed by atoms with Gasteiger partial charge in [-0.15, -0.1) is 10.2 Å². The van der Waals surface area contributed by atoms with Crippen LogP contribution in [0.3, 0.4) is 0 Å². The molecule has 1 aromatic rings. The van der Waals surface area contributed by atoms with E-state index < -0.39 is 0 Å². The number of hydrogen-bond acceptors (Lipinski definition) is 4. The highest BCUT2D eigenvalue weighted by Crippen LogP contribution is 2.18. The van der Waals surface area contributed by atoms with E-state index in [0.717, 1.165) is 0 Å². The molecule has 70 valence electrons. The van der Waals surface area contributed by atoms with Gasteiger partial charge in [-0.3, -0.25) is 0 Å². The average molecular weight is 198 g/mol. The van der Waals surface area contributed by atoms with Crippen molar-refractivity contribution in [1.82, 2.24) is 31.3 Å². The molecule has 1 saturated carbocycles. The van der Waals surface area contributed by atoms with Crippen molar-refractivity contribution >= 4 is 17.3 Å². The number of tetrazole rings is 1. The van der Waals surface area contributed by atoms with Crippen molar-refractivity contribution in [3.8, 4) is 0 Å². The Morgan fingerprint density at radius 3 is 3.08 bits per heavy atom. The van der Waals surface area contributed by atoms with Gasteiger partial charge in [0.2, 0.25) is 0 Å². The van der Waals surface area contributed by atoms with Crippen LogP contribution in [0.4, 0.5) is 0 Å². The van der Waals surface area contributed by atoms with E-state index in [1.807, 2.05) is 0 Å². The molecule has 1 aliphatic carbocycles. The largest absolute Gasteiger partial charge is 0.360 e. The minimum absolute atomic E-state index is 0.509. The van der Waals surface area contributed by atoms with Gasteiger partial charge < -0.3 is 10.6 Å². The molecular weight excluding hydrogens is 188 g/mol. The molecule has 0 spiro atoms. The second-order valence-electron chi connectivity index (χ2n) is 2.93. The Labute approximate surface area is 80.5 Å². The fourth-order valence-electron chi connectivity index (χ4n) is 0.881. The first-order valence-corrected chi connectivity index (χ1v) is 4.52. The molecule has 1 heterocycles. The summed E-state index contributed by atoms with van der Waals surface area (Å²) in [7, 11) is 0. The number of nitrogens with zero attached hydrogens (tertiary/aromatic N) is 3.